The Labute approximate surface area is 130 Å². The van der Waals surface area contributed by atoms with Gasteiger partial charge >= 0.3 is 0 Å². The molecule has 22 heavy (non-hydrogen) atoms. The Balaban J connectivity index is 1.76. The number of nitrogens with zero attached hydrogens (tertiary/aromatic N) is 1. The van der Waals surface area contributed by atoms with E-state index in [0.717, 1.165) is 24.8 Å². The summed E-state index contributed by atoms with van der Waals surface area (Å²) in [4.78, 5) is 4.88. The Morgan fingerprint density at radius 2 is 1.82 bits per heavy atom. The third-order valence-corrected chi connectivity index (χ3v) is 4.91. The summed E-state index contributed by atoms with van der Waals surface area (Å²) < 4.78 is 0. The van der Waals surface area contributed by atoms with E-state index < -0.39 is 0 Å². The molecule has 0 saturated heterocycles. The maximum atomic E-state index is 9.47. The molecule has 2 heteroatoms. The van der Waals surface area contributed by atoms with E-state index in [1.165, 1.54) is 27.8 Å². The summed E-state index contributed by atoms with van der Waals surface area (Å²) >= 11 is 0. The van der Waals surface area contributed by atoms with E-state index in [0.29, 0.717) is 11.7 Å². The summed E-state index contributed by atoms with van der Waals surface area (Å²) in [7, 11) is 0. The standard InChI is InChI=1S/C20H19NO/c1-13-17-4-2-3-5-19(17)21-20-11-8-15(12-18(13)20)14-6-9-16(22)10-7-14/h2-7,9-10,15,22H,8,11-12H2,1H3. The molecule has 0 fully saturated rings. The first-order valence-corrected chi connectivity index (χ1v) is 7.88. The molecule has 4 rings (SSSR count). The normalized spacial score (nSPS) is 17.4. The molecule has 1 N–H and O–H groups in total. The van der Waals surface area contributed by atoms with Gasteiger partial charge in [0.15, 0.2) is 0 Å². The van der Waals surface area contributed by atoms with E-state index in [1.807, 2.05) is 0 Å². The molecule has 1 atom stereocenters. The lowest BCUT2D eigenvalue weighted by Crippen LogP contribution is -2.15. The number of rotatable bonds is 1. The fraction of sp³-hybridized carbons (Fsp3) is 0.250. The molecule has 0 radical (unpaired) electrons. The van der Waals surface area contributed by atoms with Crippen LogP contribution in [0.25, 0.3) is 10.9 Å². The molecule has 2 nitrogen and oxygen atoms in total. The molecule has 1 aromatic heterocycles. The Kier molecular flexibility index (Phi) is 3.11. The summed E-state index contributed by atoms with van der Waals surface area (Å²) in [6.07, 6.45) is 3.21. The number of para-hydroxylation sites is 1. The van der Waals surface area contributed by atoms with Gasteiger partial charge in [0.2, 0.25) is 0 Å². The number of fused-ring (bicyclic) bond motifs is 2. The van der Waals surface area contributed by atoms with Crippen molar-refractivity contribution in [3.8, 4) is 5.75 Å². The highest BCUT2D eigenvalue weighted by molar-refractivity contribution is 5.83. The Morgan fingerprint density at radius 3 is 2.64 bits per heavy atom. The summed E-state index contributed by atoms with van der Waals surface area (Å²) in [6.45, 7) is 2.22. The van der Waals surface area contributed by atoms with E-state index in [9.17, 15) is 5.11 Å². The predicted molar refractivity (Wildman–Crippen MR) is 89.4 cm³/mol. The predicted octanol–water partition coefficient (Wildman–Crippen LogP) is 4.52. The second-order valence-corrected chi connectivity index (χ2v) is 6.21. The average Bonchev–Trinajstić information content (AvgIpc) is 2.56. The second kappa shape index (κ2) is 5.13. The van der Waals surface area contributed by atoms with Crippen LogP contribution in [0.3, 0.4) is 0 Å². The number of phenolic OH excluding ortho intramolecular Hbond substituents is 1. The highest BCUT2D eigenvalue weighted by atomic mass is 16.3. The quantitative estimate of drug-likeness (QED) is 0.714. The van der Waals surface area contributed by atoms with Crippen molar-refractivity contribution < 1.29 is 5.11 Å². The van der Waals surface area contributed by atoms with E-state index >= 15 is 0 Å². The van der Waals surface area contributed by atoms with Gasteiger partial charge in [0.05, 0.1) is 5.52 Å². The number of aromatic hydroxyl groups is 1. The number of phenols is 1. The van der Waals surface area contributed by atoms with E-state index in [4.69, 9.17) is 4.98 Å². The zero-order valence-electron chi connectivity index (χ0n) is 12.7. The molecule has 1 aliphatic carbocycles. The van der Waals surface area contributed by atoms with Gasteiger partial charge in [0.1, 0.15) is 5.75 Å². The molecule has 1 unspecified atom stereocenters. The van der Waals surface area contributed by atoms with Crippen molar-refractivity contribution in [2.24, 2.45) is 0 Å². The molecule has 0 aliphatic heterocycles. The Hall–Kier alpha value is -2.35. The summed E-state index contributed by atoms with van der Waals surface area (Å²) in [5, 5.41) is 10.7. The topological polar surface area (TPSA) is 33.1 Å². The minimum absolute atomic E-state index is 0.337. The number of aromatic nitrogens is 1. The maximum Gasteiger partial charge on any atom is 0.115 e. The number of pyridine rings is 1. The highest BCUT2D eigenvalue weighted by Crippen LogP contribution is 2.36. The molecule has 0 bridgehead atoms. The fourth-order valence-corrected chi connectivity index (χ4v) is 3.65. The zero-order valence-corrected chi connectivity index (χ0v) is 12.7. The van der Waals surface area contributed by atoms with Gasteiger partial charge in [-0.3, -0.25) is 4.98 Å². The van der Waals surface area contributed by atoms with Crippen molar-refractivity contribution in [2.75, 3.05) is 0 Å². The van der Waals surface area contributed by atoms with Gasteiger partial charge < -0.3 is 5.11 Å². The minimum atomic E-state index is 0.337. The van der Waals surface area contributed by atoms with Gasteiger partial charge in [-0.1, -0.05) is 30.3 Å². The SMILES string of the molecule is Cc1c2c(nc3ccccc13)CCC(c1ccc(O)cc1)C2. The molecule has 1 heterocycles. The van der Waals surface area contributed by atoms with Crippen LogP contribution in [0.5, 0.6) is 5.75 Å². The molecular formula is C20H19NO. The largest absolute Gasteiger partial charge is 0.508 e. The second-order valence-electron chi connectivity index (χ2n) is 6.21. The first kappa shape index (κ1) is 13.3. The van der Waals surface area contributed by atoms with Crippen LogP contribution in [0.2, 0.25) is 0 Å². The van der Waals surface area contributed by atoms with E-state index in [-0.39, 0.29) is 0 Å². The summed E-state index contributed by atoms with van der Waals surface area (Å²) in [5.74, 6) is 0.860. The first-order valence-electron chi connectivity index (χ1n) is 7.88. The third kappa shape index (κ3) is 2.16. The van der Waals surface area contributed by atoms with Crippen molar-refractivity contribution in [1.82, 2.24) is 4.98 Å². The molecule has 3 aromatic rings. The van der Waals surface area contributed by atoms with Gasteiger partial charge in [-0.05, 0) is 67.0 Å². The number of hydrogen-bond donors (Lipinski definition) is 1. The minimum Gasteiger partial charge on any atom is -0.508 e. The van der Waals surface area contributed by atoms with Gasteiger partial charge in [-0.2, -0.15) is 0 Å². The molecule has 0 amide bonds. The lowest BCUT2D eigenvalue weighted by molar-refractivity contribution is 0.474. The first-order chi connectivity index (χ1) is 10.7. The van der Waals surface area contributed by atoms with Crippen LogP contribution < -0.4 is 0 Å². The monoisotopic (exact) mass is 289 g/mol. The van der Waals surface area contributed by atoms with Crippen LogP contribution in [-0.2, 0) is 12.8 Å². The maximum absolute atomic E-state index is 9.47. The average molecular weight is 289 g/mol. The van der Waals surface area contributed by atoms with Crippen LogP contribution >= 0.6 is 0 Å². The summed E-state index contributed by atoms with van der Waals surface area (Å²) in [6, 6.07) is 16.1. The van der Waals surface area contributed by atoms with Crippen LogP contribution in [-0.4, -0.2) is 10.1 Å². The van der Waals surface area contributed by atoms with E-state index in [1.54, 1.807) is 12.1 Å². The smallest absolute Gasteiger partial charge is 0.115 e. The van der Waals surface area contributed by atoms with Gasteiger partial charge in [-0.15, -0.1) is 0 Å². The van der Waals surface area contributed by atoms with Gasteiger partial charge in [0, 0.05) is 11.1 Å². The van der Waals surface area contributed by atoms with Crippen LogP contribution in [0.1, 0.15) is 34.7 Å². The molecule has 2 aromatic carbocycles. The van der Waals surface area contributed by atoms with Gasteiger partial charge in [0.25, 0.3) is 0 Å². The van der Waals surface area contributed by atoms with Crippen molar-refractivity contribution >= 4 is 10.9 Å². The van der Waals surface area contributed by atoms with Crippen LogP contribution in [0.4, 0.5) is 0 Å². The number of hydrogen-bond acceptors (Lipinski definition) is 2. The number of benzene rings is 2. The Bertz CT molecular complexity index is 836. The molecule has 1 aliphatic rings. The van der Waals surface area contributed by atoms with E-state index in [2.05, 4.69) is 43.3 Å². The zero-order chi connectivity index (χ0) is 15.1. The summed E-state index contributed by atoms with van der Waals surface area (Å²) in [5.41, 5.74) is 6.50. The van der Waals surface area contributed by atoms with Crippen molar-refractivity contribution in [2.45, 2.75) is 32.1 Å². The Morgan fingerprint density at radius 1 is 1.05 bits per heavy atom. The van der Waals surface area contributed by atoms with Gasteiger partial charge in [-0.25, -0.2) is 0 Å². The van der Waals surface area contributed by atoms with Crippen LogP contribution in [0, 0.1) is 6.92 Å². The molecule has 0 spiro atoms. The lowest BCUT2D eigenvalue weighted by atomic mass is 9.80. The highest BCUT2D eigenvalue weighted by Gasteiger charge is 2.23. The van der Waals surface area contributed by atoms with Crippen molar-refractivity contribution in [3.63, 3.8) is 0 Å². The van der Waals surface area contributed by atoms with Crippen LogP contribution in [0.15, 0.2) is 48.5 Å². The molecule has 0 saturated carbocycles. The number of aryl methyl sites for hydroxylation is 2. The lowest BCUT2D eigenvalue weighted by Gasteiger charge is -2.26. The fourth-order valence-electron chi connectivity index (χ4n) is 3.65. The van der Waals surface area contributed by atoms with Crippen molar-refractivity contribution in [3.05, 3.63) is 70.9 Å². The van der Waals surface area contributed by atoms with Crippen molar-refractivity contribution in [1.29, 1.82) is 0 Å². The third-order valence-electron chi connectivity index (χ3n) is 4.91. The molecule has 110 valence electrons. The molecular weight excluding hydrogens is 270 g/mol.